The summed E-state index contributed by atoms with van der Waals surface area (Å²) >= 11 is 0. The first-order chi connectivity index (χ1) is 5.66. The Bertz CT molecular complexity index is 201. The Hall–Kier alpha value is -0.990. The summed E-state index contributed by atoms with van der Waals surface area (Å²) in [4.78, 5) is 15.1. The van der Waals surface area contributed by atoms with Crippen LogP contribution in [0.25, 0.3) is 0 Å². The quantitative estimate of drug-likeness (QED) is 0.570. The van der Waals surface area contributed by atoms with Crippen molar-refractivity contribution in [3.05, 3.63) is 12.2 Å². The molecule has 0 saturated carbocycles. The van der Waals surface area contributed by atoms with Crippen molar-refractivity contribution in [1.82, 2.24) is 9.80 Å². The van der Waals surface area contributed by atoms with Gasteiger partial charge < -0.3 is 9.80 Å². The molecule has 0 unspecified atom stereocenters. The Morgan fingerprint density at radius 2 is 2.17 bits per heavy atom. The van der Waals surface area contributed by atoms with Gasteiger partial charge in [0.2, 0.25) is 0 Å². The predicted octanol–water partition coefficient (Wildman–Crippen LogP) is 1.32. The molecule has 3 heteroatoms. The molecule has 3 nitrogen and oxygen atoms in total. The summed E-state index contributed by atoms with van der Waals surface area (Å²) in [5.41, 5.74) is 0. The van der Waals surface area contributed by atoms with Crippen LogP contribution in [0.5, 0.6) is 0 Å². The minimum absolute atomic E-state index is 0.139. The van der Waals surface area contributed by atoms with Gasteiger partial charge in [0.05, 0.1) is 0 Å². The number of carbonyl (C=O) groups is 1. The van der Waals surface area contributed by atoms with Crippen molar-refractivity contribution in [3.63, 3.8) is 0 Å². The van der Waals surface area contributed by atoms with Crippen LogP contribution in [0.1, 0.15) is 13.8 Å². The highest BCUT2D eigenvalue weighted by atomic mass is 16.2. The maximum atomic E-state index is 11.4. The molecule has 68 valence electrons. The molecule has 0 aromatic carbocycles. The second-order valence-electron chi connectivity index (χ2n) is 3.16. The number of amides is 2. The van der Waals surface area contributed by atoms with Crippen molar-refractivity contribution in [2.75, 3.05) is 20.1 Å². The van der Waals surface area contributed by atoms with E-state index in [9.17, 15) is 4.79 Å². The zero-order valence-electron chi connectivity index (χ0n) is 7.95. The summed E-state index contributed by atoms with van der Waals surface area (Å²) in [6, 6.07) is 0.369. The first-order valence-electron chi connectivity index (χ1n) is 4.31. The van der Waals surface area contributed by atoms with Crippen LogP contribution in [-0.2, 0) is 0 Å². The zero-order valence-corrected chi connectivity index (χ0v) is 7.95. The van der Waals surface area contributed by atoms with E-state index < -0.39 is 0 Å². The Labute approximate surface area is 73.6 Å². The van der Waals surface area contributed by atoms with Gasteiger partial charge in [-0.15, -0.1) is 0 Å². The molecule has 1 aliphatic heterocycles. The number of hydrogen-bond donors (Lipinski definition) is 0. The molecule has 1 atom stereocenters. The van der Waals surface area contributed by atoms with E-state index in [0.717, 1.165) is 13.1 Å². The smallest absolute Gasteiger partial charge is 0.320 e. The molecule has 2 amide bonds. The van der Waals surface area contributed by atoms with Crippen LogP contribution in [0.2, 0.25) is 0 Å². The Kier molecular flexibility index (Phi) is 2.74. The molecule has 1 aliphatic rings. The summed E-state index contributed by atoms with van der Waals surface area (Å²) in [5.74, 6) is 0. The zero-order chi connectivity index (χ0) is 9.14. The van der Waals surface area contributed by atoms with Gasteiger partial charge in [0.1, 0.15) is 0 Å². The van der Waals surface area contributed by atoms with Gasteiger partial charge in [0, 0.05) is 26.2 Å². The van der Waals surface area contributed by atoms with E-state index in [2.05, 4.69) is 0 Å². The summed E-state index contributed by atoms with van der Waals surface area (Å²) < 4.78 is 0. The van der Waals surface area contributed by atoms with E-state index in [-0.39, 0.29) is 12.1 Å². The van der Waals surface area contributed by atoms with Crippen LogP contribution < -0.4 is 0 Å². The normalized spacial score (nSPS) is 21.1. The van der Waals surface area contributed by atoms with Gasteiger partial charge in [-0.1, -0.05) is 12.2 Å². The third-order valence-electron chi connectivity index (χ3n) is 2.21. The monoisotopic (exact) mass is 168 g/mol. The van der Waals surface area contributed by atoms with Gasteiger partial charge in [0.25, 0.3) is 0 Å². The fraction of sp³-hybridized carbons (Fsp3) is 0.667. The lowest BCUT2D eigenvalue weighted by Crippen LogP contribution is -2.35. The summed E-state index contributed by atoms with van der Waals surface area (Å²) in [6.45, 7) is 5.71. The number of likely N-dealkylation sites (N-methyl/N-ethyl adjacent to an activating group) is 1. The lowest BCUT2D eigenvalue weighted by molar-refractivity contribution is 0.193. The van der Waals surface area contributed by atoms with E-state index in [4.69, 9.17) is 0 Å². The van der Waals surface area contributed by atoms with E-state index in [1.807, 2.05) is 37.9 Å². The number of allylic oxidation sites excluding steroid dienone is 1. The Morgan fingerprint density at radius 1 is 1.50 bits per heavy atom. The third kappa shape index (κ3) is 1.60. The average molecular weight is 168 g/mol. The number of carbonyl (C=O) groups excluding carboxylic acids is 1. The van der Waals surface area contributed by atoms with Crippen molar-refractivity contribution < 1.29 is 4.79 Å². The van der Waals surface area contributed by atoms with Crippen LogP contribution in [0.4, 0.5) is 4.79 Å². The molecule has 0 radical (unpaired) electrons. The average Bonchev–Trinajstić information content (AvgIpc) is 2.34. The van der Waals surface area contributed by atoms with Crippen LogP contribution in [0, 0.1) is 0 Å². The molecule has 0 aromatic heterocycles. The molecule has 0 bridgehead atoms. The van der Waals surface area contributed by atoms with E-state index >= 15 is 0 Å². The van der Waals surface area contributed by atoms with Gasteiger partial charge in [0.15, 0.2) is 0 Å². The molecular formula is C9H16N2O. The molecule has 12 heavy (non-hydrogen) atoms. The van der Waals surface area contributed by atoms with Gasteiger partial charge in [-0.3, -0.25) is 0 Å². The first-order valence-corrected chi connectivity index (χ1v) is 4.31. The van der Waals surface area contributed by atoms with Gasteiger partial charge in [-0.05, 0) is 13.8 Å². The van der Waals surface area contributed by atoms with Crippen LogP contribution in [0.15, 0.2) is 12.2 Å². The number of rotatable bonds is 2. The molecule has 0 spiro atoms. The van der Waals surface area contributed by atoms with Gasteiger partial charge >= 0.3 is 6.03 Å². The lowest BCUT2D eigenvalue weighted by Gasteiger charge is -2.20. The van der Waals surface area contributed by atoms with Crippen LogP contribution in [0.3, 0.4) is 0 Å². The van der Waals surface area contributed by atoms with Crippen molar-refractivity contribution in [2.24, 2.45) is 0 Å². The topological polar surface area (TPSA) is 23.6 Å². The molecule has 1 rings (SSSR count). The largest absolute Gasteiger partial charge is 0.326 e. The SMILES string of the molecule is C/C=C\[C@@H](C)N1CCN(C)C1=O. The first kappa shape index (κ1) is 9.10. The summed E-state index contributed by atoms with van der Waals surface area (Å²) in [7, 11) is 1.84. The maximum Gasteiger partial charge on any atom is 0.320 e. The minimum atomic E-state index is 0.139. The molecule has 0 aromatic rings. The molecule has 0 N–H and O–H groups in total. The third-order valence-corrected chi connectivity index (χ3v) is 2.21. The fourth-order valence-corrected chi connectivity index (χ4v) is 1.43. The maximum absolute atomic E-state index is 11.4. The van der Waals surface area contributed by atoms with Gasteiger partial charge in [-0.2, -0.15) is 0 Å². The van der Waals surface area contributed by atoms with Crippen molar-refractivity contribution in [2.45, 2.75) is 19.9 Å². The van der Waals surface area contributed by atoms with Crippen molar-refractivity contribution in [3.8, 4) is 0 Å². The predicted molar refractivity (Wildman–Crippen MR) is 49.0 cm³/mol. The molecular weight excluding hydrogens is 152 g/mol. The summed E-state index contributed by atoms with van der Waals surface area (Å²) in [5, 5.41) is 0. The molecule has 1 heterocycles. The molecule has 1 saturated heterocycles. The summed E-state index contributed by atoms with van der Waals surface area (Å²) in [6.07, 6.45) is 4.02. The van der Waals surface area contributed by atoms with Crippen molar-refractivity contribution in [1.29, 1.82) is 0 Å². The second kappa shape index (κ2) is 3.61. The standard InChI is InChI=1S/C9H16N2O/c1-4-5-8(2)11-7-6-10(3)9(11)12/h4-5,8H,6-7H2,1-3H3/b5-4-/t8-/m1/s1. The fourth-order valence-electron chi connectivity index (χ4n) is 1.43. The van der Waals surface area contributed by atoms with Crippen molar-refractivity contribution >= 4 is 6.03 Å². The molecule has 0 aliphatic carbocycles. The highest BCUT2D eigenvalue weighted by molar-refractivity contribution is 5.76. The van der Waals surface area contributed by atoms with Gasteiger partial charge in [-0.25, -0.2) is 4.79 Å². The van der Waals surface area contributed by atoms with Crippen LogP contribution >= 0.6 is 0 Å². The second-order valence-corrected chi connectivity index (χ2v) is 3.16. The number of hydrogen-bond acceptors (Lipinski definition) is 1. The van der Waals surface area contributed by atoms with E-state index in [1.165, 1.54) is 0 Å². The minimum Gasteiger partial charge on any atom is -0.326 e. The Morgan fingerprint density at radius 3 is 2.58 bits per heavy atom. The number of nitrogens with zero attached hydrogens (tertiary/aromatic N) is 2. The molecule has 1 fully saturated rings. The highest BCUT2D eigenvalue weighted by Gasteiger charge is 2.27. The Balaban J connectivity index is 2.59. The highest BCUT2D eigenvalue weighted by Crippen LogP contribution is 2.10. The lowest BCUT2D eigenvalue weighted by atomic mass is 10.3. The number of urea groups is 1. The van der Waals surface area contributed by atoms with Crippen LogP contribution in [-0.4, -0.2) is 42.0 Å². The van der Waals surface area contributed by atoms with E-state index in [0.29, 0.717) is 0 Å². The van der Waals surface area contributed by atoms with E-state index in [1.54, 1.807) is 4.90 Å².